The minimum atomic E-state index is -0.892. The number of benzene rings is 3. The number of aromatic nitrogens is 12. The molecule has 1 fully saturated rings. The van der Waals surface area contributed by atoms with Gasteiger partial charge in [0.2, 0.25) is 0 Å². The van der Waals surface area contributed by atoms with Gasteiger partial charge in [0.15, 0.2) is 28.9 Å². The summed E-state index contributed by atoms with van der Waals surface area (Å²) in [6.45, 7) is 19.0. The second kappa shape index (κ2) is 35.9. The normalized spacial score (nSPS) is 12.4. The van der Waals surface area contributed by atoms with Gasteiger partial charge in [-0.2, -0.15) is 0 Å². The molecule has 15 aromatic rings. The first-order valence-electron chi connectivity index (χ1n) is 37.4. The van der Waals surface area contributed by atoms with Gasteiger partial charge in [0, 0.05) is 187 Å². The standard InChI is InChI=1S/C20H20N4O.2C20H20N2O2.C18H16N2O.C16H13N3O/c1-14(25)4-5-16-12-22-20-18(16)10-17(13-23-20)15-6-7-19(21-11-15)24-8-2-3-9-24;1-13(23)4-5-15-11-21-19-18(15)10-16(12-22-19)14-6-8-17(9-7-14)20(2,3)24;1-13(23)7-8-15-11-21-19-18(15)10-16(12-22-19)14-5-4-6-17(9-14)20(2,3)24;1-12-3-6-14(7-4-12)16-9-17-15(8-5-13(2)21)10-19-18(17)20-11-16;1-11(20)4-5-13-9-18-16-15(13)7-14(10-19-16)12-3-2-6-17-8-12/h4-7,10-13H,2-3,8-9H2,1H3,(H,22,23);2*4-12,24H,1-3H3,(H,21,22);3-11H,1-2H3,(H,19,20);2-10H,1H3,(H,18,19)/b2*5-4+;8-7+;8-5+;5-4+. The van der Waals surface area contributed by atoms with Crippen molar-refractivity contribution in [3.8, 4) is 55.6 Å². The second-order valence-electron chi connectivity index (χ2n) is 29.0. The van der Waals surface area contributed by atoms with Gasteiger partial charge < -0.3 is 40.0 Å². The number of hydrogen-bond acceptors (Lipinski definition) is 15. The number of anilines is 1. The lowest BCUT2D eigenvalue weighted by Crippen LogP contribution is -2.18. The summed E-state index contributed by atoms with van der Waals surface area (Å²) in [6, 6.07) is 42.4. The maximum absolute atomic E-state index is 11.2. The predicted molar refractivity (Wildman–Crippen MR) is 458 cm³/mol. The van der Waals surface area contributed by atoms with Crippen LogP contribution in [0.2, 0.25) is 0 Å². The fraction of sp³-hybridized carbons (Fsp3) is 0.170. The lowest BCUT2D eigenvalue weighted by atomic mass is 9.94. The predicted octanol–water partition coefficient (Wildman–Crippen LogP) is 19.3. The van der Waals surface area contributed by atoms with Crippen molar-refractivity contribution in [3.63, 3.8) is 0 Å². The molecule has 13 heterocycles. The van der Waals surface area contributed by atoms with Gasteiger partial charge in [0.25, 0.3) is 0 Å². The molecule has 1 aliphatic heterocycles. The first-order valence-corrected chi connectivity index (χ1v) is 37.4. The van der Waals surface area contributed by atoms with Crippen molar-refractivity contribution in [1.82, 2.24) is 59.8 Å². The molecule has 0 unspecified atom stereocenters. The van der Waals surface area contributed by atoms with Crippen molar-refractivity contribution in [3.05, 3.63) is 283 Å². The van der Waals surface area contributed by atoms with Gasteiger partial charge >= 0.3 is 0 Å². The van der Waals surface area contributed by atoms with Crippen molar-refractivity contribution in [1.29, 1.82) is 0 Å². The number of carbonyl (C=O) groups is 5. The van der Waals surface area contributed by atoms with Gasteiger partial charge in [0.05, 0.1) is 11.2 Å². The second-order valence-corrected chi connectivity index (χ2v) is 29.0. The van der Waals surface area contributed by atoms with E-state index in [1.807, 2.05) is 141 Å². The van der Waals surface area contributed by atoms with Crippen LogP contribution in [0.25, 0.3) is 141 Å². The molecule has 0 spiro atoms. The molecule has 3 aromatic carbocycles. The van der Waals surface area contributed by atoms with E-state index in [0.717, 1.165) is 169 Å². The highest BCUT2D eigenvalue weighted by Crippen LogP contribution is 2.34. The van der Waals surface area contributed by atoms with E-state index in [-0.39, 0.29) is 28.9 Å². The number of hydrogen-bond donors (Lipinski definition) is 7. The molecule has 114 heavy (non-hydrogen) atoms. The molecule has 12 aromatic heterocycles. The highest BCUT2D eigenvalue weighted by Gasteiger charge is 2.20. The van der Waals surface area contributed by atoms with Crippen molar-refractivity contribution < 1.29 is 34.2 Å². The van der Waals surface area contributed by atoms with Gasteiger partial charge in [-0.3, -0.25) is 29.0 Å². The van der Waals surface area contributed by atoms with Crippen LogP contribution in [-0.4, -0.2) is 112 Å². The molecule has 16 rings (SSSR count). The molecule has 20 nitrogen and oxygen atoms in total. The molecule has 0 amide bonds. The highest BCUT2D eigenvalue weighted by molar-refractivity contribution is 6.01. The Hall–Kier alpha value is -13.8. The number of nitrogens with one attached hydrogen (secondary N) is 5. The van der Waals surface area contributed by atoms with Crippen LogP contribution in [0.5, 0.6) is 0 Å². The fourth-order valence-corrected chi connectivity index (χ4v) is 12.8. The van der Waals surface area contributed by atoms with Crippen LogP contribution in [0.1, 0.15) is 120 Å². The van der Waals surface area contributed by atoms with E-state index in [1.165, 1.54) is 39.2 Å². The summed E-state index contributed by atoms with van der Waals surface area (Å²) in [4.78, 5) is 105. The maximum atomic E-state index is 11.2. The molecule has 0 aliphatic carbocycles. The third-order valence-electron chi connectivity index (χ3n) is 19.0. The largest absolute Gasteiger partial charge is 0.386 e. The smallest absolute Gasteiger partial charge is 0.152 e. The maximum Gasteiger partial charge on any atom is 0.152 e. The topological polar surface area (TPSA) is 298 Å². The molecule has 1 saturated heterocycles. The van der Waals surface area contributed by atoms with Crippen LogP contribution < -0.4 is 4.90 Å². The van der Waals surface area contributed by atoms with E-state index in [2.05, 4.69) is 132 Å². The summed E-state index contributed by atoms with van der Waals surface area (Å²) in [5.74, 6) is 1.15. The number of rotatable bonds is 18. The average Bonchev–Trinajstić information content (AvgIpc) is 1.60. The molecule has 20 heteroatoms. The molecule has 572 valence electrons. The summed E-state index contributed by atoms with van der Waals surface area (Å²) < 4.78 is 0. The zero-order valence-corrected chi connectivity index (χ0v) is 65.2. The summed E-state index contributed by atoms with van der Waals surface area (Å²) >= 11 is 0. The number of carbonyl (C=O) groups excluding carboxylic acids is 5. The summed E-state index contributed by atoms with van der Waals surface area (Å²) in [6.07, 6.45) is 43.2. The van der Waals surface area contributed by atoms with Crippen LogP contribution in [0.3, 0.4) is 0 Å². The van der Waals surface area contributed by atoms with Gasteiger partial charge in [-0.15, -0.1) is 0 Å². The molecule has 1 aliphatic rings. The number of aryl methyl sites for hydroxylation is 1. The van der Waals surface area contributed by atoms with Gasteiger partial charge in [0.1, 0.15) is 34.1 Å². The van der Waals surface area contributed by atoms with E-state index < -0.39 is 11.2 Å². The Morgan fingerprint density at radius 2 is 0.667 bits per heavy atom. The van der Waals surface area contributed by atoms with E-state index in [0.29, 0.717) is 0 Å². The van der Waals surface area contributed by atoms with Crippen molar-refractivity contribution in [2.75, 3.05) is 18.0 Å². The monoisotopic (exact) mass is 1510 g/mol. The minimum absolute atomic E-state index is 0.00587. The van der Waals surface area contributed by atoms with Crippen LogP contribution in [0.4, 0.5) is 5.82 Å². The van der Waals surface area contributed by atoms with E-state index in [9.17, 15) is 34.2 Å². The van der Waals surface area contributed by atoms with E-state index in [4.69, 9.17) is 0 Å². The number of allylic oxidation sites excluding steroid dienone is 5. The Morgan fingerprint density at radius 1 is 0.351 bits per heavy atom. The minimum Gasteiger partial charge on any atom is -0.386 e. The van der Waals surface area contributed by atoms with Crippen LogP contribution >= 0.6 is 0 Å². The molecule has 0 radical (unpaired) electrons. The quantitative estimate of drug-likeness (QED) is 0.0393. The SMILES string of the molecule is CC(=O)/C=C/c1c[nH]c2ncc(-c3ccc(C(C)(C)O)cc3)cc12.CC(=O)/C=C/c1c[nH]c2ncc(-c3ccc(C)cc3)cc12.CC(=O)/C=C/c1c[nH]c2ncc(-c3ccc(N4CCCC4)nc3)cc12.CC(=O)/C=C/c1c[nH]c2ncc(-c3cccc(C(C)(C)O)c3)cc12.CC(=O)/C=C/c1c[nH]c2ncc(-c3cccnc3)cc12. The molecular weight excluding hydrogens is 1420 g/mol. The van der Waals surface area contributed by atoms with Crippen molar-refractivity contribution in [2.45, 2.75) is 93.3 Å². The number of ketones is 5. The molecule has 0 saturated carbocycles. The Balaban J connectivity index is 0.000000132. The van der Waals surface area contributed by atoms with E-state index in [1.54, 1.807) is 109 Å². The Kier molecular flexibility index (Phi) is 25.1. The highest BCUT2D eigenvalue weighted by atomic mass is 16.3. The zero-order valence-electron chi connectivity index (χ0n) is 65.2. The van der Waals surface area contributed by atoms with E-state index >= 15 is 0 Å². The number of pyridine rings is 7. The third kappa shape index (κ3) is 20.6. The number of aliphatic hydroxyl groups is 2. The number of aromatic amines is 5. The lowest BCUT2D eigenvalue weighted by molar-refractivity contribution is -0.113. The molecular formula is C94H89N13O7. The number of fused-ring (bicyclic) bond motifs is 5. The number of nitrogens with zero attached hydrogens (tertiary/aromatic N) is 8. The first-order chi connectivity index (χ1) is 54.8. The van der Waals surface area contributed by atoms with Gasteiger partial charge in [-0.1, -0.05) is 78.4 Å². The Bertz CT molecular complexity index is 6130. The molecule has 7 N–H and O–H groups in total. The van der Waals surface area contributed by atoms with Crippen molar-refractivity contribution in [2.24, 2.45) is 0 Å². The van der Waals surface area contributed by atoms with Crippen molar-refractivity contribution >= 4 is 120 Å². The lowest BCUT2D eigenvalue weighted by Gasteiger charge is -2.18. The zero-order chi connectivity index (χ0) is 80.6. The summed E-state index contributed by atoms with van der Waals surface area (Å²) in [5, 5.41) is 25.2. The van der Waals surface area contributed by atoms with Gasteiger partial charge in [-0.05, 0) is 225 Å². The Labute approximate surface area is 660 Å². The summed E-state index contributed by atoms with van der Waals surface area (Å²) in [7, 11) is 0. The van der Waals surface area contributed by atoms with Gasteiger partial charge in [-0.25, -0.2) is 29.9 Å². The summed E-state index contributed by atoms with van der Waals surface area (Å²) in [5.41, 5.74) is 20.2. The fourth-order valence-electron chi connectivity index (χ4n) is 12.8. The third-order valence-corrected chi connectivity index (χ3v) is 19.0. The first kappa shape index (κ1) is 79.7. The molecule has 0 bridgehead atoms. The Morgan fingerprint density at radius 3 is 0.991 bits per heavy atom. The van der Waals surface area contributed by atoms with Crippen LogP contribution in [0.15, 0.2) is 238 Å². The van der Waals surface area contributed by atoms with Crippen LogP contribution in [-0.2, 0) is 35.2 Å². The molecule has 0 atom stereocenters. The van der Waals surface area contributed by atoms with Crippen LogP contribution in [0, 0.1) is 6.92 Å². The average molecular weight is 1510 g/mol. The number of H-pyrrole nitrogens is 5.